The van der Waals surface area contributed by atoms with E-state index in [0.717, 1.165) is 19.8 Å². The van der Waals surface area contributed by atoms with Crippen molar-refractivity contribution in [1.29, 1.82) is 0 Å². The molecule has 0 saturated carbocycles. The van der Waals surface area contributed by atoms with Crippen LogP contribution in [0.4, 0.5) is 0 Å². The molecular formula is C11H18N2O. The highest BCUT2D eigenvalue weighted by atomic mass is 16.5. The van der Waals surface area contributed by atoms with Gasteiger partial charge in [0, 0.05) is 17.8 Å². The summed E-state index contributed by atoms with van der Waals surface area (Å²) in [4.78, 5) is 3.12. The Balaban J connectivity index is 1.96. The molecule has 1 aromatic rings. The highest BCUT2D eigenvalue weighted by Gasteiger charge is 2.39. The lowest BCUT2D eigenvalue weighted by Crippen LogP contribution is -2.46. The zero-order valence-electron chi connectivity index (χ0n) is 8.68. The summed E-state index contributed by atoms with van der Waals surface area (Å²) in [6, 6.07) is 2.17. The van der Waals surface area contributed by atoms with Crippen LogP contribution in [0.3, 0.4) is 0 Å². The van der Waals surface area contributed by atoms with Crippen LogP contribution in [0.25, 0.3) is 0 Å². The Kier molecular flexibility index (Phi) is 2.89. The molecule has 3 nitrogen and oxygen atoms in total. The topological polar surface area (TPSA) is 37.0 Å². The minimum Gasteiger partial charge on any atom is -0.379 e. The maximum Gasteiger partial charge on any atom is 0.0586 e. The molecule has 1 aromatic heterocycles. The number of H-pyrrole nitrogens is 1. The summed E-state index contributed by atoms with van der Waals surface area (Å²) in [6.45, 7) is 2.86. The summed E-state index contributed by atoms with van der Waals surface area (Å²) in [6.07, 6.45) is 6.52. The number of aromatic amines is 1. The summed E-state index contributed by atoms with van der Waals surface area (Å²) in [7, 11) is 2.00. The summed E-state index contributed by atoms with van der Waals surface area (Å²) in [5.74, 6) is 0. The minimum atomic E-state index is 0.302. The van der Waals surface area contributed by atoms with Gasteiger partial charge in [0.1, 0.15) is 0 Å². The molecule has 1 aliphatic rings. The van der Waals surface area contributed by atoms with E-state index in [1.807, 2.05) is 13.2 Å². The lowest BCUT2D eigenvalue weighted by Gasteiger charge is -2.41. The van der Waals surface area contributed by atoms with Crippen LogP contribution in [0.15, 0.2) is 18.5 Å². The molecule has 0 unspecified atom stereocenters. The molecule has 14 heavy (non-hydrogen) atoms. The number of nitrogens with one attached hydrogen (secondary N) is 2. The first-order valence-corrected chi connectivity index (χ1v) is 5.23. The van der Waals surface area contributed by atoms with Crippen LogP contribution < -0.4 is 5.32 Å². The van der Waals surface area contributed by atoms with Crippen LogP contribution in [0.1, 0.15) is 18.4 Å². The predicted octanol–water partition coefficient (Wildman–Crippen LogP) is 1.28. The van der Waals surface area contributed by atoms with E-state index >= 15 is 0 Å². The Morgan fingerprint density at radius 1 is 1.57 bits per heavy atom. The van der Waals surface area contributed by atoms with Gasteiger partial charge in [0.15, 0.2) is 0 Å². The van der Waals surface area contributed by atoms with Crippen molar-refractivity contribution in [3.8, 4) is 0 Å². The summed E-state index contributed by atoms with van der Waals surface area (Å²) >= 11 is 0. The van der Waals surface area contributed by atoms with Crippen molar-refractivity contribution in [3.05, 3.63) is 24.0 Å². The molecule has 2 N–H and O–H groups in total. The van der Waals surface area contributed by atoms with Gasteiger partial charge in [-0.1, -0.05) is 0 Å². The average molecular weight is 194 g/mol. The molecule has 1 aliphatic heterocycles. The fourth-order valence-corrected chi connectivity index (χ4v) is 2.06. The molecule has 0 bridgehead atoms. The molecule has 0 atom stereocenters. The minimum absolute atomic E-state index is 0.302. The van der Waals surface area contributed by atoms with E-state index in [1.165, 1.54) is 18.4 Å². The second kappa shape index (κ2) is 4.15. The molecule has 1 saturated heterocycles. The molecular weight excluding hydrogens is 176 g/mol. The van der Waals surface area contributed by atoms with E-state index in [-0.39, 0.29) is 0 Å². The van der Waals surface area contributed by atoms with Gasteiger partial charge in [-0.3, -0.25) is 0 Å². The van der Waals surface area contributed by atoms with E-state index < -0.39 is 0 Å². The van der Waals surface area contributed by atoms with E-state index in [0.29, 0.717) is 5.41 Å². The quantitative estimate of drug-likeness (QED) is 0.693. The molecule has 0 aromatic carbocycles. The summed E-state index contributed by atoms with van der Waals surface area (Å²) in [5.41, 5.74) is 1.71. The molecule has 1 fully saturated rings. The Bertz CT molecular complexity index is 265. The predicted molar refractivity (Wildman–Crippen MR) is 56.5 cm³/mol. The first kappa shape index (κ1) is 9.74. The van der Waals surface area contributed by atoms with Crippen molar-refractivity contribution in [2.45, 2.75) is 18.3 Å². The second-order valence-corrected chi connectivity index (χ2v) is 4.08. The van der Waals surface area contributed by atoms with Gasteiger partial charge in [0.25, 0.3) is 0 Å². The maximum atomic E-state index is 5.36. The van der Waals surface area contributed by atoms with Gasteiger partial charge < -0.3 is 15.0 Å². The molecule has 0 aliphatic carbocycles. The summed E-state index contributed by atoms with van der Waals surface area (Å²) < 4.78 is 5.36. The standard InChI is InChI=1S/C11H18N2O/c1-12-5-2-4-11(8-14-9-11)10-3-6-13-7-10/h3,6-7,12-13H,2,4-5,8-9H2,1H3. The van der Waals surface area contributed by atoms with Gasteiger partial charge in [0.2, 0.25) is 0 Å². The van der Waals surface area contributed by atoms with Gasteiger partial charge in [-0.15, -0.1) is 0 Å². The van der Waals surface area contributed by atoms with Gasteiger partial charge in [-0.2, -0.15) is 0 Å². The number of aromatic nitrogens is 1. The highest BCUT2D eigenvalue weighted by molar-refractivity contribution is 5.24. The Hall–Kier alpha value is -0.800. The highest BCUT2D eigenvalue weighted by Crippen LogP contribution is 2.36. The largest absolute Gasteiger partial charge is 0.379 e. The second-order valence-electron chi connectivity index (χ2n) is 4.08. The third-order valence-corrected chi connectivity index (χ3v) is 3.05. The van der Waals surface area contributed by atoms with Gasteiger partial charge >= 0.3 is 0 Å². The Morgan fingerprint density at radius 3 is 2.93 bits per heavy atom. The number of rotatable bonds is 5. The number of ether oxygens (including phenoxy) is 1. The lowest BCUT2D eigenvalue weighted by atomic mass is 9.76. The third-order valence-electron chi connectivity index (χ3n) is 3.05. The van der Waals surface area contributed by atoms with Crippen LogP contribution in [0, 0.1) is 0 Å². The first-order chi connectivity index (χ1) is 6.87. The van der Waals surface area contributed by atoms with Crippen molar-refractivity contribution in [3.63, 3.8) is 0 Å². The molecule has 3 heteroatoms. The Morgan fingerprint density at radius 2 is 2.43 bits per heavy atom. The Labute approximate surface area is 84.9 Å². The zero-order valence-corrected chi connectivity index (χ0v) is 8.68. The first-order valence-electron chi connectivity index (χ1n) is 5.23. The fraction of sp³-hybridized carbons (Fsp3) is 0.636. The lowest BCUT2D eigenvalue weighted by molar-refractivity contribution is -0.0650. The molecule has 2 rings (SSSR count). The van der Waals surface area contributed by atoms with E-state index in [1.54, 1.807) is 0 Å². The van der Waals surface area contributed by atoms with Crippen LogP contribution >= 0.6 is 0 Å². The van der Waals surface area contributed by atoms with Gasteiger partial charge in [-0.05, 0) is 38.1 Å². The summed E-state index contributed by atoms with van der Waals surface area (Å²) in [5, 5.41) is 3.19. The van der Waals surface area contributed by atoms with Crippen LogP contribution in [-0.2, 0) is 10.2 Å². The van der Waals surface area contributed by atoms with Crippen molar-refractivity contribution in [2.24, 2.45) is 0 Å². The van der Waals surface area contributed by atoms with Crippen LogP contribution in [-0.4, -0.2) is 31.8 Å². The van der Waals surface area contributed by atoms with Crippen LogP contribution in [0.2, 0.25) is 0 Å². The van der Waals surface area contributed by atoms with Crippen molar-refractivity contribution >= 4 is 0 Å². The number of hydrogen-bond acceptors (Lipinski definition) is 2. The van der Waals surface area contributed by atoms with Crippen molar-refractivity contribution < 1.29 is 4.74 Å². The van der Waals surface area contributed by atoms with E-state index in [4.69, 9.17) is 4.74 Å². The smallest absolute Gasteiger partial charge is 0.0586 e. The zero-order chi connectivity index (χ0) is 9.86. The molecule has 0 amide bonds. The van der Waals surface area contributed by atoms with Crippen LogP contribution in [0.5, 0.6) is 0 Å². The van der Waals surface area contributed by atoms with Crippen molar-refractivity contribution in [2.75, 3.05) is 26.8 Å². The monoisotopic (exact) mass is 194 g/mol. The SMILES string of the molecule is CNCCCC1(c2cc[nH]c2)COC1. The fourth-order valence-electron chi connectivity index (χ4n) is 2.06. The average Bonchev–Trinajstić information content (AvgIpc) is 2.62. The normalized spacial score (nSPS) is 19.2. The van der Waals surface area contributed by atoms with E-state index in [9.17, 15) is 0 Å². The van der Waals surface area contributed by atoms with Gasteiger partial charge in [-0.25, -0.2) is 0 Å². The van der Waals surface area contributed by atoms with E-state index in [2.05, 4.69) is 22.6 Å². The maximum absolute atomic E-state index is 5.36. The third kappa shape index (κ3) is 1.70. The molecule has 0 spiro atoms. The van der Waals surface area contributed by atoms with Crippen molar-refractivity contribution in [1.82, 2.24) is 10.3 Å². The molecule has 0 radical (unpaired) electrons. The molecule has 78 valence electrons. The number of hydrogen-bond donors (Lipinski definition) is 2. The molecule has 2 heterocycles. The van der Waals surface area contributed by atoms with Gasteiger partial charge in [0.05, 0.1) is 13.2 Å².